The summed E-state index contributed by atoms with van der Waals surface area (Å²) in [5.74, 6) is -0.350. The van der Waals surface area contributed by atoms with Gasteiger partial charge in [-0.25, -0.2) is 10.5 Å². The molecule has 2 heterocycles. The van der Waals surface area contributed by atoms with Crippen LogP contribution in [0.5, 0.6) is 0 Å². The molecule has 6 heteroatoms. The lowest BCUT2D eigenvalue weighted by molar-refractivity contribution is 0.0234. The molecule has 1 amide bonds. The number of amides is 1. The number of hydrogen-bond acceptors (Lipinski definition) is 4. The van der Waals surface area contributed by atoms with Crippen LogP contribution in [-0.2, 0) is 11.4 Å². The fourth-order valence-electron chi connectivity index (χ4n) is 2.73. The highest BCUT2D eigenvalue weighted by Gasteiger charge is 2.16. The minimum absolute atomic E-state index is 0.126. The Kier molecular flexibility index (Phi) is 4.09. The number of carbonyl (C=O) groups is 1. The lowest BCUT2D eigenvalue weighted by Crippen LogP contribution is -2.23. The van der Waals surface area contributed by atoms with Gasteiger partial charge in [-0.15, -0.1) is 0 Å². The molecule has 0 bridgehead atoms. The molecule has 0 fully saturated rings. The van der Waals surface area contributed by atoms with Crippen molar-refractivity contribution in [1.29, 1.82) is 0 Å². The maximum Gasteiger partial charge on any atom is 0.275 e. The number of pyridine rings is 1. The first-order valence-corrected chi connectivity index (χ1v) is 8.03. The van der Waals surface area contributed by atoms with E-state index in [1.807, 2.05) is 30.3 Å². The lowest BCUT2D eigenvalue weighted by atomic mass is 10.1. The molecule has 25 heavy (non-hydrogen) atoms. The standard InChI is InChI=1S/C19H13ClN2O3/c20-18-12(5-4-10-21-18)11-24-22-19(23)14-7-3-9-16-17(14)13-6-1-2-8-15(13)25-16/h1-10H,11H2,(H,22,23). The molecule has 0 aliphatic rings. The van der Waals surface area contributed by atoms with E-state index in [-0.39, 0.29) is 12.5 Å². The Morgan fingerprint density at radius 1 is 1.08 bits per heavy atom. The molecule has 0 radical (unpaired) electrons. The highest BCUT2D eigenvalue weighted by molar-refractivity contribution is 6.30. The summed E-state index contributed by atoms with van der Waals surface area (Å²) in [5, 5.41) is 2.00. The number of benzene rings is 2. The van der Waals surface area contributed by atoms with Gasteiger partial charge in [0.15, 0.2) is 0 Å². The number of hydrogen-bond donors (Lipinski definition) is 1. The second-order valence-corrected chi connectivity index (χ2v) is 5.81. The smallest absolute Gasteiger partial charge is 0.275 e. The van der Waals surface area contributed by atoms with Gasteiger partial charge in [0.2, 0.25) is 0 Å². The quantitative estimate of drug-likeness (QED) is 0.434. The van der Waals surface area contributed by atoms with Crippen LogP contribution in [0.2, 0.25) is 5.15 Å². The maximum atomic E-state index is 12.5. The number of nitrogens with zero attached hydrogens (tertiary/aromatic N) is 1. The lowest BCUT2D eigenvalue weighted by Gasteiger charge is -2.07. The third-order valence-corrected chi connectivity index (χ3v) is 4.22. The van der Waals surface area contributed by atoms with Crippen molar-refractivity contribution >= 4 is 39.4 Å². The molecule has 0 saturated heterocycles. The normalized spacial score (nSPS) is 11.1. The number of halogens is 1. The van der Waals surface area contributed by atoms with E-state index in [2.05, 4.69) is 10.5 Å². The van der Waals surface area contributed by atoms with E-state index in [1.54, 1.807) is 30.5 Å². The summed E-state index contributed by atoms with van der Waals surface area (Å²) in [5.41, 5.74) is 5.02. The van der Waals surface area contributed by atoms with Crippen molar-refractivity contribution in [3.05, 3.63) is 77.1 Å². The van der Waals surface area contributed by atoms with Crippen LogP contribution in [0, 0.1) is 0 Å². The van der Waals surface area contributed by atoms with Crippen LogP contribution in [0.4, 0.5) is 0 Å². The Hall–Kier alpha value is -2.89. The van der Waals surface area contributed by atoms with E-state index in [1.165, 1.54) is 0 Å². The predicted octanol–water partition coefficient (Wildman–Crippen LogP) is 4.50. The second kappa shape index (κ2) is 6.55. The van der Waals surface area contributed by atoms with Crippen molar-refractivity contribution in [2.45, 2.75) is 6.61 Å². The van der Waals surface area contributed by atoms with Gasteiger partial charge in [-0.3, -0.25) is 9.63 Å². The van der Waals surface area contributed by atoms with Crippen LogP contribution in [0.3, 0.4) is 0 Å². The third kappa shape index (κ3) is 2.95. The Morgan fingerprint density at radius 3 is 2.80 bits per heavy atom. The van der Waals surface area contributed by atoms with Gasteiger partial charge in [-0.1, -0.05) is 41.9 Å². The number of furan rings is 1. The fourth-order valence-corrected chi connectivity index (χ4v) is 2.90. The molecule has 0 aliphatic heterocycles. The van der Waals surface area contributed by atoms with Crippen LogP contribution in [-0.4, -0.2) is 10.9 Å². The van der Waals surface area contributed by atoms with Crippen molar-refractivity contribution in [3.63, 3.8) is 0 Å². The number of rotatable bonds is 4. The largest absolute Gasteiger partial charge is 0.456 e. The number of fused-ring (bicyclic) bond motifs is 3. The molecule has 0 saturated carbocycles. The monoisotopic (exact) mass is 352 g/mol. The third-order valence-electron chi connectivity index (χ3n) is 3.88. The molecule has 0 spiro atoms. The minimum Gasteiger partial charge on any atom is -0.456 e. The van der Waals surface area contributed by atoms with Gasteiger partial charge in [0.05, 0.1) is 5.56 Å². The SMILES string of the molecule is O=C(NOCc1cccnc1Cl)c1cccc2oc3ccccc3c12. The summed E-state index contributed by atoms with van der Waals surface area (Å²) in [6, 6.07) is 16.5. The summed E-state index contributed by atoms with van der Waals surface area (Å²) < 4.78 is 5.79. The van der Waals surface area contributed by atoms with Gasteiger partial charge in [0.1, 0.15) is 22.9 Å². The molecule has 0 aliphatic carbocycles. The van der Waals surface area contributed by atoms with Gasteiger partial charge in [0.25, 0.3) is 5.91 Å². The first-order chi connectivity index (χ1) is 12.2. The molecule has 0 atom stereocenters. The summed E-state index contributed by atoms with van der Waals surface area (Å²) >= 11 is 5.97. The van der Waals surface area contributed by atoms with E-state index >= 15 is 0 Å². The number of aromatic nitrogens is 1. The van der Waals surface area contributed by atoms with Crippen molar-refractivity contribution in [1.82, 2.24) is 10.5 Å². The molecule has 1 N–H and O–H groups in total. The van der Waals surface area contributed by atoms with E-state index in [0.717, 1.165) is 16.4 Å². The highest BCUT2D eigenvalue weighted by Crippen LogP contribution is 2.31. The van der Waals surface area contributed by atoms with Crippen LogP contribution >= 0.6 is 11.6 Å². The van der Waals surface area contributed by atoms with Crippen molar-refractivity contribution in [2.24, 2.45) is 0 Å². The van der Waals surface area contributed by atoms with Crippen LogP contribution < -0.4 is 5.48 Å². The summed E-state index contributed by atoms with van der Waals surface area (Å²) in [6.07, 6.45) is 1.59. The van der Waals surface area contributed by atoms with Crippen LogP contribution in [0.25, 0.3) is 21.9 Å². The molecule has 4 rings (SSSR count). The average Bonchev–Trinajstić information content (AvgIpc) is 3.02. The zero-order valence-electron chi connectivity index (χ0n) is 13.0. The van der Waals surface area contributed by atoms with Gasteiger partial charge in [-0.05, 0) is 24.3 Å². The van der Waals surface area contributed by atoms with E-state index in [4.69, 9.17) is 20.9 Å². The summed E-state index contributed by atoms with van der Waals surface area (Å²) in [6.45, 7) is 0.126. The zero-order valence-corrected chi connectivity index (χ0v) is 13.8. The number of hydroxylamine groups is 1. The maximum absolute atomic E-state index is 12.5. The van der Waals surface area contributed by atoms with E-state index in [9.17, 15) is 4.79 Å². The highest BCUT2D eigenvalue weighted by atomic mass is 35.5. The zero-order chi connectivity index (χ0) is 17.2. The molecule has 2 aromatic heterocycles. The molecule has 0 unspecified atom stereocenters. The van der Waals surface area contributed by atoms with Crippen molar-refractivity contribution in [3.8, 4) is 0 Å². The fraction of sp³-hybridized carbons (Fsp3) is 0.0526. The van der Waals surface area contributed by atoms with Crippen LogP contribution in [0.15, 0.2) is 65.2 Å². The Balaban J connectivity index is 1.59. The summed E-state index contributed by atoms with van der Waals surface area (Å²) in [4.78, 5) is 21.8. The molecule has 4 aromatic rings. The van der Waals surface area contributed by atoms with Gasteiger partial charge in [0, 0.05) is 22.5 Å². The number of para-hydroxylation sites is 1. The van der Waals surface area contributed by atoms with Crippen LogP contribution in [0.1, 0.15) is 15.9 Å². The number of nitrogens with one attached hydrogen (secondary N) is 1. The molecule has 5 nitrogen and oxygen atoms in total. The van der Waals surface area contributed by atoms with E-state index < -0.39 is 0 Å². The first kappa shape index (κ1) is 15.6. The predicted molar refractivity (Wildman–Crippen MR) is 95.2 cm³/mol. The van der Waals surface area contributed by atoms with Gasteiger partial charge >= 0.3 is 0 Å². The Bertz CT molecular complexity index is 1070. The van der Waals surface area contributed by atoms with Gasteiger partial charge in [-0.2, -0.15) is 0 Å². The molecular weight excluding hydrogens is 340 g/mol. The Morgan fingerprint density at radius 2 is 1.92 bits per heavy atom. The summed E-state index contributed by atoms with van der Waals surface area (Å²) in [7, 11) is 0. The minimum atomic E-state index is -0.350. The molecule has 124 valence electrons. The molecular formula is C19H13ClN2O3. The second-order valence-electron chi connectivity index (χ2n) is 5.45. The van der Waals surface area contributed by atoms with Gasteiger partial charge < -0.3 is 4.42 Å². The van der Waals surface area contributed by atoms with E-state index in [0.29, 0.717) is 21.9 Å². The Labute approximate surface area is 148 Å². The first-order valence-electron chi connectivity index (χ1n) is 7.66. The molecule has 2 aromatic carbocycles. The average molecular weight is 353 g/mol. The number of carbonyl (C=O) groups excluding carboxylic acids is 1. The van der Waals surface area contributed by atoms with Crippen molar-refractivity contribution in [2.75, 3.05) is 0 Å². The topological polar surface area (TPSA) is 64.4 Å². The van der Waals surface area contributed by atoms with Crippen molar-refractivity contribution < 1.29 is 14.0 Å².